The summed E-state index contributed by atoms with van der Waals surface area (Å²) in [6.45, 7) is 0. The van der Waals surface area contributed by atoms with Crippen LogP contribution in [-0.4, -0.2) is 14.5 Å². The fraction of sp³-hybridized carbons (Fsp3) is 0. The van der Waals surface area contributed by atoms with Gasteiger partial charge in [0.15, 0.2) is 0 Å². The highest BCUT2D eigenvalue weighted by Gasteiger charge is 2.28. The van der Waals surface area contributed by atoms with Crippen molar-refractivity contribution in [3.63, 3.8) is 0 Å². The van der Waals surface area contributed by atoms with E-state index in [9.17, 15) is 0 Å². The minimum absolute atomic E-state index is 0.658. The summed E-state index contributed by atoms with van der Waals surface area (Å²) >= 11 is 0. The summed E-state index contributed by atoms with van der Waals surface area (Å²) < 4.78 is 2.32. The third-order valence-corrected chi connectivity index (χ3v) is 9.54. The van der Waals surface area contributed by atoms with E-state index >= 15 is 0 Å². The van der Waals surface area contributed by atoms with Gasteiger partial charge < -0.3 is 0 Å². The Labute approximate surface area is 272 Å². The molecule has 7 aromatic carbocycles. The highest BCUT2D eigenvalue weighted by atomic mass is 15.2. The lowest BCUT2D eigenvalue weighted by molar-refractivity contribution is 0.996. The number of hydrogen-bond acceptors (Lipinski definition) is 2. The van der Waals surface area contributed by atoms with E-state index in [1.165, 1.54) is 43.8 Å². The molecule has 0 unspecified atom stereocenters. The molecular weight excluding hydrogens is 571 g/mol. The number of nitrogens with zero attached hydrogens (tertiary/aromatic N) is 3. The van der Waals surface area contributed by atoms with Crippen LogP contribution < -0.4 is 0 Å². The van der Waals surface area contributed by atoms with Gasteiger partial charge in [-0.3, -0.25) is 4.57 Å². The molecule has 0 radical (unpaired) electrons. The third-order valence-electron chi connectivity index (χ3n) is 9.54. The summed E-state index contributed by atoms with van der Waals surface area (Å²) in [5.74, 6) is 0.658. The Kier molecular flexibility index (Phi) is 5.57. The number of fused-ring (bicyclic) bond motifs is 3. The van der Waals surface area contributed by atoms with Crippen molar-refractivity contribution < 1.29 is 0 Å². The minimum atomic E-state index is 0.658. The molecule has 0 bridgehead atoms. The van der Waals surface area contributed by atoms with Gasteiger partial charge in [0, 0.05) is 27.5 Å². The first-order valence-corrected chi connectivity index (χ1v) is 16.0. The summed E-state index contributed by atoms with van der Waals surface area (Å²) in [5.41, 5.74) is 13.4. The fourth-order valence-corrected chi connectivity index (χ4v) is 7.53. The second-order valence-corrected chi connectivity index (χ2v) is 12.2. The first-order chi connectivity index (χ1) is 23.3. The van der Waals surface area contributed by atoms with E-state index in [0.29, 0.717) is 5.95 Å². The highest BCUT2D eigenvalue weighted by molar-refractivity contribution is 6.32. The van der Waals surface area contributed by atoms with Gasteiger partial charge in [0.2, 0.25) is 5.95 Å². The lowest BCUT2D eigenvalue weighted by atomic mass is 9.91. The number of hydrogen-bond donors (Lipinski definition) is 0. The molecule has 10 rings (SSSR count). The van der Waals surface area contributed by atoms with E-state index in [4.69, 9.17) is 9.97 Å². The molecule has 1 aliphatic rings. The molecule has 1 aliphatic carbocycles. The predicted octanol–water partition coefficient (Wildman–Crippen LogP) is 11.4. The van der Waals surface area contributed by atoms with Crippen LogP contribution in [0.3, 0.4) is 0 Å². The van der Waals surface area contributed by atoms with E-state index in [2.05, 4.69) is 156 Å². The van der Waals surface area contributed by atoms with Gasteiger partial charge in [-0.2, -0.15) is 0 Å². The van der Waals surface area contributed by atoms with Crippen molar-refractivity contribution in [2.45, 2.75) is 0 Å². The zero-order chi connectivity index (χ0) is 30.9. The maximum Gasteiger partial charge on any atom is 0.235 e. The van der Waals surface area contributed by atoms with Crippen molar-refractivity contribution in [2.75, 3.05) is 0 Å². The molecule has 47 heavy (non-hydrogen) atoms. The molecule has 2 aromatic heterocycles. The monoisotopic (exact) mass is 597 g/mol. The zero-order valence-electron chi connectivity index (χ0n) is 25.4. The standard InChI is InChI=1S/C44H27N3/c1-4-14-28(15-5-1)36-26-31-20-12-23-34-32-21-10-11-22-33(32)35-24-13-25-39-41(35)42(40(31)34)43(36)47(39)44-45-37(29-16-6-2-7-17-29)27-38(46-44)30-18-8-3-9-19-30/h1-27H. The van der Waals surface area contributed by atoms with Gasteiger partial charge in [0.05, 0.1) is 22.4 Å². The maximum atomic E-state index is 5.35. The van der Waals surface area contributed by atoms with Crippen LogP contribution in [0, 0.1) is 0 Å². The SMILES string of the molecule is c1ccc(-c2cc(-c3ccccc3)nc(-n3c4cccc5c4c4c6c(cccc6cc(-c6ccccc6)c43)-c3ccccc3-5)n2)cc1. The van der Waals surface area contributed by atoms with Gasteiger partial charge in [0.25, 0.3) is 0 Å². The van der Waals surface area contributed by atoms with E-state index < -0.39 is 0 Å². The molecule has 2 heterocycles. The van der Waals surface area contributed by atoms with Crippen molar-refractivity contribution in [1.82, 2.24) is 14.5 Å². The Morgan fingerprint density at radius 3 is 1.49 bits per heavy atom. The number of rotatable bonds is 4. The Hall–Kier alpha value is -6.32. The molecule has 218 valence electrons. The van der Waals surface area contributed by atoms with Gasteiger partial charge in [-0.25, -0.2) is 9.97 Å². The van der Waals surface area contributed by atoms with Crippen LogP contribution in [0.5, 0.6) is 0 Å². The quantitative estimate of drug-likeness (QED) is 0.202. The van der Waals surface area contributed by atoms with Crippen LogP contribution in [0.4, 0.5) is 0 Å². The van der Waals surface area contributed by atoms with Crippen LogP contribution in [0.25, 0.3) is 94.4 Å². The Morgan fingerprint density at radius 1 is 0.362 bits per heavy atom. The van der Waals surface area contributed by atoms with Gasteiger partial charge in [0.1, 0.15) is 0 Å². The summed E-state index contributed by atoms with van der Waals surface area (Å²) in [7, 11) is 0. The summed E-state index contributed by atoms with van der Waals surface area (Å²) in [6, 6.07) is 58.3. The predicted molar refractivity (Wildman–Crippen MR) is 195 cm³/mol. The summed E-state index contributed by atoms with van der Waals surface area (Å²) in [6.07, 6.45) is 0. The van der Waals surface area contributed by atoms with Gasteiger partial charge in [-0.05, 0) is 56.8 Å². The highest BCUT2D eigenvalue weighted by Crippen LogP contribution is 2.51. The molecule has 3 heteroatoms. The Balaban J connectivity index is 1.43. The average Bonchev–Trinajstić information content (AvgIpc) is 3.44. The average molecular weight is 598 g/mol. The Morgan fingerprint density at radius 2 is 0.872 bits per heavy atom. The maximum absolute atomic E-state index is 5.35. The Bertz CT molecular complexity index is 2600. The first kappa shape index (κ1) is 26.0. The van der Waals surface area contributed by atoms with Crippen LogP contribution in [0.15, 0.2) is 164 Å². The molecule has 0 N–H and O–H groups in total. The molecule has 0 saturated heterocycles. The van der Waals surface area contributed by atoms with Crippen molar-refractivity contribution in [2.24, 2.45) is 0 Å². The molecule has 0 amide bonds. The van der Waals surface area contributed by atoms with Crippen LogP contribution in [-0.2, 0) is 0 Å². The van der Waals surface area contributed by atoms with E-state index in [-0.39, 0.29) is 0 Å². The van der Waals surface area contributed by atoms with E-state index in [1.54, 1.807) is 0 Å². The largest absolute Gasteiger partial charge is 0.277 e. The molecule has 0 spiro atoms. The van der Waals surface area contributed by atoms with Crippen molar-refractivity contribution in [3.8, 4) is 61.8 Å². The molecule has 0 atom stereocenters. The van der Waals surface area contributed by atoms with Gasteiger partial charge in [-0.15, -0.1) is 0 Å². The van der Waals surface area contributed by atoms with Crippen LogP contribution in [0.1, 0.15) is 0 Å². The van der Waals surface area contributed by atoms with Gasteiger partial charge in [-0.1, -0.05) is 146 Å². The van der Waals surface area contributed by atoms with Gasteiger partial charge >= 0.3 is 0 Å². The lowest BCUT2D eigenvalue weighted by Gasteiger charge is -2.16. The minimum Gasteiger partial charge on any atom is -0.277 e. The van der Waals surface area contributed by atoms with E-state index in [1.807, 2.05) is 12.1 Å². The molecule has 0 saturated carbocycles. The van der Waals surface area contributed by atoms with E-state index in [0.717, 1.165) is 44.7 Å². The van der Waals surface area contributed by atoms with Crippen molar-refractivity contribution >= 4 is 32.6 Å². The second-order valence-electron chi connectivity index (χ2n) is 12.2. The zero-order valence-corrected chi connectivity index (χ0v) is 25.4. The smallest absolute Gasteiger partial charge is 0.235 e. The van der Waals surface area contributed by atoms with Crippen molar-refractivity contribution in [1.29, 1.82) is 0 Å². The fourth-order valence-electron chi connectivity index (χ4n) is 7.53. The molecule has 0 fully saturated rings. The summed E-state index contributed by atoms with van der Waals surface area (Å²) in [5, 5.41) is 4.97. The second kappa shape index (κ2) is 10.1. The number of benzene rings is 7. The van der Waals surface area contributed by atoms with Crippen LogP contribution >= 0.6 is 0 Å². The van der Waals surface area contributed by atoms with Crippen LogP contribution in [0.2, 0.25) is 0 Å². The molecule has 3 nitrogen and oxygen atoms in total. The third kappa shape index (κ3) is 3.87. The summed E-state index contributed by atoms with van der Waals surface area (Å²) in [4.78, 5) is 10.7. The topological polar surface area (TPSA) is 30.7 Å². The lowest BCUT2D eigenvalue weighted by Crippen LogP contribution is -2.05. The number of aromatic nitrogens is 3. The normalized spacial score (nSPS) is 11.8. The first-order valence-electron chi connectivity index (χ1n) is 16.0. The van der Waals surface area contributed by atoms with Crippen molar-refractivity contribution in [3.05, 3.63) is 164 Å². The molecule has 9 aromatic rings. The molecule has 0 aliphatic heterocycles. The molecular formula is C44H27N3.